The zero-order valence-corrected chi connectivity index (χ0v) is 11.7. The number of thiophene rings is 1. The zero-order chi connectivity index (χ0) is 12.1. The van der Waals surface area contributed by atoms with Gasteiger partial charge in [0, 0.05) is 10.8 Å². The summed E-state index contributed by atoms with van der Waals surface area (Å²) in [4.78, 5) is 5.61. The second-order valence-electron chi connectivity index (χ2n) is 6.30. The molecular weight excluding hydrogens is 218 g/mol. The second-order valence-corrected chi connectivity index (χ2v) is 7.15. The summed E-state index contributed by atoms with van der Waals surface area (Å²) in [6.07, 6.45) is 0. The Morgan fingerprint density at radius 3 is 2.19 bits per heavy atom. The largest absolute Gasteiger partial charge is 0.429 e. The third-order valence-corrected chi connectivity index (χ3v) is 3.43. The standard InChI is InChI=1S/C13H19NOS/c1-12(2,3)8-7-16-10-9(8)14-11(15-10)13(4,5)6/h7H,1-6H3. The van der Waals surface area contributed by atoms with E-state index in [9.17, 15) is 0 Å². The number of aromatic nitrogens is 1. The first-order valence-electron chi connectivity index (χ1n) is 5.58. The highest BCUT2D eigenvalue weighted by atomic mass is 32.1. The lowest BCUT2D eigenvalue weighted by atomic mass is 9.89. The van der Waals surface area contributed by atoms with Crippen molar-refractivity contribution in [2.75, 3.05) is 0 Å². The van der Waals surface area contributed by atoms with E-state index in [1.807, 2.05) is 0 Å². The average Bonchev–Trinajstić information content (AvgIpc) is 2.53. The van der Waals surface area contributed by atoms with Gasteiger partial charge < -0.3 is 4.42 Å². The van der Waals surface area contributed by atoms with Crippen molar-refractivity contribution in [3.8, 4) is 0 Å². The maximum absolute atomic E-state index is 5.82. The summed E-state index contributed by atoms with van der Waals surface area (Å²) in [5.74, 6) is 0.833. The minimum atomic E-state index is -0.0199. The SMILES string of the molecule is CC(C)(C)c1nc2c(C(C)(C)C)csc2o1. The number of fused-ring (bicyclic) bond motifs is 1. The van der Waals surface area contributed by atoms with Gasteiger partial charge in [-0.25, -0.2) is 4.98 Å². The van der Waals surface area contributed by atoms with E-state index in [4.69, 9.17) is 4.42 Å². The minimum absolute atomic E-state index is 0.0199. The van der Waals surface area contributed by atoms with Crippen molar-refractivity contribution >= 4 is 21.8 Å². The van der Waals surface area contributed by atoms with Crippen LogP contribution in [0.4, 0.5) is 0 Å². The highest BCUT2D eigenvalue weighted by Gasteiger charge is 2.26. The number of hydrogen-bond acceptors (Lipinski definition) is 3. The van der Waals surface area contributed by atoms with Crippen LogP contribution in [0, 0.1) is 0 Å². The predicted molar refractivity (Wildman–Crippen MR) is 69.3 cm³/mol. The van der Waals surface area contributed by atoms with Gasteiger partial charge >= 0.3 is 0 Å². The van der Waals surface area contributed by atoms with E-state index < -0.39 is 0 Å². The van der Waals surface area contributed by atoms with Gasteiger partial charge in [0.25, 0.3) is 0 Å². The molecule has 0 spiro atoms. The van der Waals surface area contributed by atoms with Gasteiger partial charge in [-0.2, -0.15) is 0 Å². The minimum Gasteiger partial charge on any atom is -0.429 e. The lowest BCUT2D eigenvalue weighted by molar-refractivity contribution is 0.413. The van der Waals surface area contributed by atoms with Gasteiger partial charge in [-0.3, -0.25) is 0 Å². The molecule has 2 nitrogen and oxygen atoms in total. The zero-order valence-electron chi connectivity index (χ0n) is 10.8. The van der Waals surface area contributed by atoms with E-state index in [1.54, 1.807) is 11.3 Å². The smallest absolute Gasteiger partial charge is 0.208 e. The number of rotatable bonds is 0. The van der Waals surface area contributed by atoms with Crippen LogP contribution in [0.25, 0.3) is 10.4 Å². The van der Waals surface area contributed by atoms with Crippen molar-refractivity contribution in [2.24, 2.45) is 0 Å². The molecule has 0 aromatic carbocycles. The number of hydrogen-bond donors (Lipinski definition) is 0. The summed E-state index contributed by atoms with van der Waals surface area (Å²) < 4.78 is 5.82. The van der Waals surface area contributed by atoms with Crippen molar-refractivity contribution in [2.45, 2.75) is 52.4 Å². The van der Waals surface area contributed by atoms with Crippen LogP contribution in [0.5, 0.6) is 0 Å². The monoisotopic (exact) mass is 237 g/mol. The Morgan fingerprint density at radius 1 is 1.06 bits per heavy atom. The molecule has 0 saturated heterocycles. The van der Waals surface area contributed by atoms with E-state index >= 15 is 0 Å². The van der Waals surface area contributed by atoms with E-state index in [-0.39, 0.29) is 10.8 Å². The van der Waals surface area contributed by atoms with E-state index in [0.717, 1.165) is 16.3 Å². The first kappa shape index (κ1) is 11.6. The molecule has 2 aromatic heterocycles. The summed E-state index contributed by atoms with van der Waals surface area (Å²) >= 11 is 1.65. The first-order valence-corrected chi connectivity index (χ1v) is 6.46. The van der Waals surface area contributed by atoms with Crippen LogP contribution in [0.1, 0.15) is 53.0 Å². The van der Waals surface area contributed by atoms with E-state index in [1.165, 1.54) is 5.56 Å². The van der Waals surface area contributed by atoms with E-state index in [0.29, 0.717) is 0 Å². The Morgan fingerprint density at radius 2 is 1.69 bits per heavy atom. The Labute approximate surface area is 101 Å². The molecule has 0 saturated carbocycles. The van der Waals surface area contributed by atoms with Crippen molar-refractivity contribution < 1.29 is 4.42 Å². The van der Waals surface area contributed by atoms with Gasteiger partial charge in [-0.1, -0.05) is 41.5 Å². The normalized spacial score (nSPS) is 13.6. The molecule has 0 atom stereocenters. The topological polar surface area (TPSA) is 26.0 Å². The third kappa shape index (κ3) is 1.88. The van der Waals surface area contributed by atoms with Crippen LogP contribution in [0.15, 0.2) is 9.80 Å². The van der Waals surface area contributed by atoms with Crippen LogP contribution in [-0.2, 0) is 10.8 Å². The summed E-state index contributed by atoms with van der Waals surface area (Å²) in [6.45, 7) is 13.0. The van der Waals surface area contributed by atoms with Gasteiger partial charge in [0.15, 0.2) is 0 Å². The van der Waals surface area contributed by atoms with Crippen LogP contribution < -0.4 is 0 Å². The first-order chi connectivity index (χ1) is 7.19. The highest BCUT2D eigenvalue weighted by Crippen LogP contribution is 2.36. The van der Waals surface area contributed by atoms with Gasteiger partial charge in [-0.05, 0) is 11.0 Å². The quantitative estimate of drug-likeness (QED) is 0.675. The van der Waals surface area contributed by atoms with Crippen molar-refractivity contribution in [3.63, 3.8) is 0 Å². The average molecular weight is 237 g/mol. The molecule has 88 valence electrons. The molecule has 0 amide bonds. The van der Waals surface area contributed by atoms with Crippen molar-refractivity contribution in [1.29, 1.82) is 0 Å². The van der Waals surface area contributed by atoms with Crippen LogP contribution >= 0.6 is 11.3 Å². The molecule has 0 aliphatic heterocycles. The Balaban J connectivity index is 2.61. The fourth-order valence-electron chi connectivity index (χ4n) is 1.58. The molecular formula is C13H19NOS. The maximum atomic E-state index is 5.82. The fraction of sp³-hybridized carbons (Fsp3) is 0.615. The molecule has 16 heavy (non-hydrogen) atoms. The summed E-state index contributed by atoms with van der Waals surface area (Å²) in [5, 5.41) is 2.16. The van der Waals surface area contributed by atoms with E-state index in [2.05, 4.69) is 51.9 Å². The van der Waals surface area contributed by atoms with Crippen LogP contribution in [0.3, 0.4) is 0 Å². The lowest BCUT2D eigenvalue weighted by Gasteiger charge is -2.16. The van der Waals surface area contributed by atoms with Crippen molar-refractivity contribution in [1.82, 2.24) is 4.98 Å². The second kappa shape index (κ2) is 3.33. The Kier molecular flexibility index (Phi) is 2.42. The van der Waals surface area contributed by atoms with Gasteiger partial charge in [0.1, 0.15) is 5.52 Å². The molecule has 0 unspecified atom stereocenters. The molecule has 0 aliphatic rings. The van der Waals surface area contributed by atoms with Crippen molar-refractivity contribution in [3.05, 3.63) is 16.8 Å². The summed E-state index contributed by atoms with van der Waals surface area (Å²) in [5.41, 5.74) is 2.44. The number of oxazole rings is 1. The molecule has 2 heterocycles. The third-order valence-electron chi connectivity index (χ3n) is 2.58. The molecule has 3 heteroatoms. The Bertz CT molecular complexity index is 508. The summed E-state index contributed by atoms with van der Waals surface area (Å²) in [6, 6.07) is 0. The van der Waals surface area contributed by atoms with Gasteiger partial charge in [0.05, 0.1) is 0 Å². The maximum Gasteiger partial charge on any atom is 0.208 e. The molecule has 0 bridgehead atoms. The van der Waals surface area contributed by atoms with Gasteiger partial charge in [0.2, 0.25) is 10.8 Å². The molecule has 0 fully saturated rings. The fourth-order valence-corrected chi connectivity index (χ4v) is 2.66. The molecule has 0 N–H and O–H groups in total. The van der Waals surface area contributed by atoms with Crippen LogP contribution in [-0.4, -0.2) is 4.98 Å². The number of nitrogens with zero attached hydrogens (tertiary/aromatic N) is 1. The molecule has 0 aliphatic carbocycles. The summed E-state index contributed by atoms with van der Waals surface area (Å²) in [7, 11) is 0. The van der Waals surface area contributed by atoms with Crippen LogP contribution in [0.2, 0.25) is 0 Å². The Hall–Kier alpha value is -0.830. The molecule has 2 aromatic rings. The lowest BCUT2D eigenvalue weighted by Crippen LogP contribution is -2.12. The highest BCUT2D eigenvalue weighted by molar-refractivity contribution is 7.16. The molecule has 0 radical (unpaired) electrons. The van der Waals surface area contributed by atoms with Gasteiger partial charge in [-0.15, -0.1) is 11.3 Å². The predicted octanol–water partition coefficient (Wildman–Crippen LogP) is 4.48. The molecule has 2 rings (SSSR count).